The van der Waals surface area contributed by atoms with Crippen LogP contribution in [0.2, 0.25) is 0 Å². The van der Waals surface area contributed by atoms with Crippen molar-refractivity contribution >= 4 is 27.3 Å². The summed E-state index contributed by atoms with van der Waals surface area (Å²) in [5, 5.41) is 0. The smallest absolute Gasteiger partial charge is 0.293 e. The Balaban J connectivity index is 1.82. The van der Waals surface area contributed by atoms with Gasteiger partial charge < -0.3 is 14.1 Å². The Morgan fingerprint density at radius 1 is 1.38 bits per heavy atom. The van der Waals surface area contributed by atoms with E-state index in [-0.39, 0.29) is 24.0 Å². The molecule has 0 atom stereocenters. The Hall–Kier alpha value is -2.32. The zero-order chi connectivity index (χ0) is 17.2. The normalized spacial score (nSPS) is 13.8. The van der Waals surface area contributed by atoms with E-state index in [0.717, 1.165) is 12.0 Å². The summed E-state index contributed by atoms with van der Waals surface area (Å²) < 4.78 is 36.4. The highest BCUT2D eigenvalue weighted by Crippen LogP contribution is 2.32. The molecule has 7 nitrogen and oxygen atoms in total. The Kier molecular flexibility index (Phi) is 4.59. The van der Waals surface area contributed by atoms with Gasteiger partial charge in [-0.05, 0) is 36.2 Å². The van der Waals surface area contributed by atoms with Crippen LogP contribution < -0.4 is 9.62 Å². The molecule has 1 amide bonds. The average molecular weight is 350 g/mol. The number of hydrogen-bond donors (Lipinski definition) is 1. The zero-order valence-electron chi connectivity index (χ0n) is 13.2. The van der Waals surface area contributed by atoms with Gasteiger partial charge in [0.1, 0.15) is 0 Å². The van der Waals surface area contributed by atoms with Crippen molar-refractivity contribution in [1.29, 1.82) is 0 Å². The fourth-order valence-corrected chi connectivity index (χ4v) is 3.58. The summed E-state index contributed by atoms with van der Waals surface area (Å²) in [6, 6.07) is 8.47. The number of amides is 1. The van der Waals surface area contributed by atoms with E-state index in [2.05, 4.69) is 4.72 Å². The predicted molar refractivity (Wildman–Crippen MR) is 89.8 cm³/mol. The molecule has 0 unspecified atom stereocenters. The lowest BCUT2D eigenvalue weighted by Gasteiger charge is -2.17. The minimum atomic E-state index is -3.49. The van der Waals surface area contributed by atoms with Crippen molar-refractivity contribution in [2.75, 3.05) is 35.6 Å². The maximum absolute atomic E-state index is 12.5. The number of carbonyl (C=O) groups is 1. The van der Waals surface area contributed by atoms with Gasteiger partial charge in [-0.1, -0.05) is 6.07 Å². The van der Waals surface area contributed by atoms with Crippen molar-refractivity contribution in [2.45, 2.75) is 6.42 Å². The molecule has 0 radical (unpaired) electrons. The van der Waals surface area contributed by atoms with Gasteiger partial charge in [0, 0.05) is 19.3 Å². The van der Waals surface area contributed by atoms with Gasteiger partial charge in [-0.25, -0.2) is 8.42 Å². The van der Waals surface area contributed by atoms with Crippen molar-refractivity contribution in [3.63, 3.8) is 0 Å². The van der Waals surface area contributed by atoms with E-state index in [4.69, 9.17) is 9.15 Å². The molecular formula is C16H18N2O5S. The minimum absolute atomic E-state index is 0.114. The number of nitrogens with one attached hydrogen (secondary N) is 1. The van der Waals surface area contributed by atoms with Gasteiger partial charge in [-0.3, -0.25) is 9.52 Å². The summed E-state index contributed by atoms with van der Waals surface area (Å²) in [4.78, 5) is 14.1. The van der Waals surface area contributed by atoms with Crippen molar-refractivity contribution in [3.05, 3.63) is 47.9 Å². The number of carbonyl (C=O) groups excluding carboxylic acids is 1. The number of ether oxygens (including phenoxy) is 1. The number of fused-ring (bicyclic) bond motifs is 1. The zero-order valence-corrected chi connectivity index (χ0v) is 14.0. The Morgan fingerprint density at radius 3 is 2.92 bits per heavy atom. The molecule has 8 heteroatoms. The van der Waals surface area contributed by atoms with Gasteiger partial charge in [0.25, 0.3) is 5.91 Å². The standard InChI is InChI=1S/C16H18N2O5S/c1-22-9-10-24(20,21)17-13-5-4-12-6-7-18(14(12)11-13)16(19)15-3-2-8-23-15/h2-5,8,11,17H,6-7,9-10H2,1H3. The van der Waals surface area contributed by atoms with E-state index in [1.54, 1.807) is 29.2 Å². The monoisotopic (exact) mass is 350 g/mol. The van der Waals surface area contributed by atoms with E-state index in [1.807, 2.05) is 6.07 Å². The highest BCUT2D eigenvalue weighted by atomic mass is 32.2. The first-order valence-electron chi connectivity index (χ1n) is 7.48. The molecular weight excluding hydrogens is 332 g/mol. The Labute approximate surface area is 140 Å². The van der Waals surface area contributed by atoms with Crippen molar-refractivity contribution in [2.24, 2.45) is 0 Å². The van der Waals surface area contributed by atoms with Gasteiger partial charge in [0.2, 0.25) is 10.0 Å². The largest absolute Gasteiger partial charge is 0.459 e. The van der Waals surface area contributed by atoms with E-state index < -0.39 is 10.0 Å². The third-order valence-electron chi connectivity index (χ3n) is 3.79. The second-order valence-corrected chi connectivity index (χ2v) is 7.28. The van der Waals surface area contributed by atoms with Crippen molar-refractivity contribution < 1.29 is 22.4 Å². The van der Waals surface area contributed by atoms with Crippen LogP contribution in [-0.4, -0.2) is 40.3 Å². The first-order chi connectivity index (χ1) is 11.5. The van der Waals surface area contributed by atoms with Gasteiger partial charge in [0.15, 0.2) is 5.76 Å². The number of anilines is 2. The SMILES string of the molecule is COCCS(=O)(=O)Nc1ccc2c(c1)N(C(=O)c1ccco1)CC2. The second kappa shape index (κ2) is 6.66. The first-order valence-corrected chi connectivity index (χ1v) is 9.13. The summed E-state index contributed by atoms with van der Waals surface area (Å²) in [5.41, 5.74) is 2.11. The second-order valence-electron chi connectivity index (χ2n) is 5.44. The molecule has 1 N–H and O–H groups in total. The summed E-state index contributed by atoms with van der Waals surface area (Å²) in [6.45, 7) is 0.651. The maximum Gasteiger partial charge on any atom is 0.293 e. The summed E-state index contributed by atoms with van der Waals surface area (Å²) in [6.07, 6.45) is 2.17. The van der Waals surface area contributed by atoms with E-state index in [9.17, 15) is 13.2 Å². The lowest BCUT2D eigenvalue weighted by Crippen LogP contribution is -2.28. The molecule has 1 aliphatic rings. The number of rotatable bonds is 6. The molecule has 2 aromatic rings. The number of sulfonamides is 1. The molecule has 1 aliphatic heterocycles. The lowest BCUT2D eigenvalue weighted by molar-refractivity contribution is 0.0963. The number of benzene rings is 1. The summed E-state index contributed by atoms with van der Waals surface area (Å²) >= 11 is 0. The van der Waals surface area contributed by atoms with Crippen LogP contribution in [0, 0.1) is 0 Å². The maximum atomic E-state index is 12.5. The van der Waals surface area contributed by atoms with Crippen LogP contribution in [0.15, 0.2) is 41.0 Å². The highest BCUT2D eigenvalue weighted by molar-refractivity contribution is 7.92. The molecule has 128 valence electrons. The molecule has 1 aromatic heterocycles. The molecule has 0 saturated heterocycles. The number of nitrogens with zero attached hydrogens (tertiary/aromatic N) is 1. The van der Waals surface area contributed by atoms with Crippen LogP contribution in [0.5, 0.6) is 0 Å². The minimum Gasteiger partial charge on any atom is -0.459 e. The van der Waals surface area contributed by atoms with E-state index in [1.165, 1.54) is 13.4 Å². The first kappa shape index (κ1) is 16.5. The van der Waals surface area contributed by atoms with Crippen molar-refractivity contribution in [1.82, 2.24) is 0 Å². The average Bonchev–Trinajstić information content (AvgIpc) is 3.21. The van der Waals surface area contributed by atoms with Gasteiger partial charge >= 0.3 is 0 Å². The van der Waals surface area contributed by atoms with Gasteiger partial charge in [-0.15, -0.1) is 0 Å². The number of methoxy groups -OCH3 is 1. The van der Waals surface area contributed by atoms with Gasteiger partial charge in [-0.2, -0.15) is 0 Å². The van der Waals surface area contributed by atoms with Crippen LogP contribution in [-0.2, 0) is 21.2 Å². The number of hydrogen-bond acceptors (Lipinski definition) is 5. The third-order valence-corrected chi connectivity index (χ3v) is 5.04. The molecule has 2 heterocycles. The van der Waals surface area contributed by atoms with Crippen LogP contribution in [0.3, 0.4) is 0 Å². The molecule has 3 rings (SSSR count). The fourth-order valence-electron chi connectivity index (χ4n) is 2.61. The van der Waals surface area contributed by atoms with E-state index >= 15 is 0 Å². The van der Waals surface area contributed by atoms with Crippen LogP contribution in [0.4, 0.5) is 11.4 Å². The quantitative estimate of drug-likeness (QED) is 0.859. The topological polar surface area (TPSA) is 88.9 Å². The molecule has 1 aromatic carbocycles. The van der Waals surface area contributed by atoms with Crippen LogP contribution in [0.1, 0.15) is 16.1 Å². The fraction of sp³-hybridized carbons (Fsp3) is 0.312. The predicted octanol–water partition coefficient (Wildman–Crippen LogP) is 1.87. The van der Waals surface area contributed by atoms with Gasteiger partial charge in [0.05, 0.1) is 24.3 Å². The molecule has 0 bridgehead atoms. The Bertz CT molecular complexity index is 830. The van der Waals surface area contributed by atoms with E-state index in [0.29, 0.717) is 17.9 Å². The number of furan rings is 1. The molecule has 0 aliphatic carbocycles. The lowest BCUT2D eigenvalue weighted by atomic mass is 10.1. The summed E-state index contributed by atoms with van der Waals surface area (Å²) in [5.74, 6) is -0.109. The van der Waals surface area contributed by atoms with Crippen molar-refractivity contribution in [3.8, 4) is 0 Å². The van der Waals surface area contributed by atoms with Crippen LogP contribution >= 0.6 is 0 Å². The highest BCUT2D eigenvalue weighted by Gasteiger charge is 2.27. The third kappa shape index (κ3) is 3.44. The molecule has 0 spiro atoms. The molecule has 0 fully saturated rings. The summed E-state index contributed by atoms with van der Waals surface area (Å²) in [7, 11) is -2.04. The Morgan fingerprint density at radius 2 is 2.21 bits per heavy atom. The molecule has 0 saturated carbocycles. The van der Waals surface area contributed by atoms with Crippen LogP contribution in [0.25, 0.3) is 0 Å². The molecule has 24 heavy (non-hydrogen) atoms.